The molecule has 0 amide bonds. The van der Waals surface area contributed by atoms with Crippen LogP contribution in [0.2, 0.25) is 0 Å². The van der Waals surface area contributed by atoms with Crippen molar-refractivity contribution in [2.45, 2.75) is 57.6 Å². The largest absolute Gasteiger partial charge is 0.480 e. The lowest BCUT2D eigenvalue weighted by atomic mass is 9.83. The predicted molar refractivity (Wildman–Crippen MR) is 98.9 cm³/mol. The first-order chi connectivity index (χ1) is 12.2. The molecule has 4 heteroatoms. The van der Waals surface area contributed by atoms with E-state index in [1.165, 1.54) is 30.1 Å². The van der Waals surface area contributed by atoms with Gasteiger partial charge < -0.3 is 14.6 Å². The van der Waals surface area contributed by atoms with Crippen LogP contribution in [-0.2, 0) is 12.1 Å². The van der Waals surface area contributed by atoms with Gasteiger partial charge >= 0.3 is 0 Å². The maximum absolute atomic E-state index is 6.72. The predicted octanol–water partition coefficient (Wildman–Crippen LogP) is 4.05. The second-order valence-corrected chi connectivity index (χ2v) is 8.22. The average molecular weight is 337 g/mol. The number of hydrogen-bond donors (Lipinski definition) is 1. The van der Waals surface area contributed by atoms with Gasteiger partial charge in [-0.05, 0) is 44.0 Å². The third-order valence-corrected chi connectivity index (χ3v) is 5.94. The first kappa shape index (κ1) is 15.4. The second-order valence-electron chi connectivity index (χ2n) is 8.22. The molecular weight excluding hydrogens is 310 g/mol. The molecule has 1 saturated carbocycles. The van der Waals surface area contributed by atoms with E-state index in [0.29, 0.717) is 5.92 Å². The van der Waals surface area contributed by atoms with Gasteiger partial charge in [0.2, 0.25) is 0 Å². The van der Waals surface area contributed by atoms with Gasteiger partial charge in [-0.1, -0.05) is 26.0 Å². The highest BCUT2D eigenvalue weighted by atomic mass is 16.5. The van der Waals surface area contributed by atoms with Crippen LogP contribution < -0.4 is 10.1 Å². The van der Waals surface area contributed by atoms with E-state index in [1.54, 1.807) is 0 Å². The summed E-state index contributed by atoms with van der Waals surface area (Å²) in [5.74, 6) is 3.49. The number of fused-ring (bicyclic) bond motifs is 4. The van der Waals surface area contributed by atoms with Crippen LogP contribution in [0.1, 0.15) is 57.0 Å². The zero-order chi connectivity index (χ0) is 17.0. The van der Waals surface area contributed by atoms with Crippen molar-refractivity contribution in [1.82, 2.24) is 14.9 Å². The Balaban J connectivity index is 1.75. The number of aromatic nitrogens is 2. The van der Waals surface area contributed by atoms with Crippen LogP contribution in [0.4, 0.5) is 0 Å². The number of nitrogens with zero attached hydrogens (tertiary/aromatic N) is 2. The van der Waals surface area contributed by atoms with E-state index in [1.807, 2.05) is 0 Å². The molecule has 0 atom stereocenters. The fourth-order valence-corrected chi connectivity index (χ4v) is 4.48. The molecule has 0 bridgehead atoms. The van der Waals surface area contributed by atoms with Crippen LogP contribution >= 0.6 is 0 Å². The smallest absolute Gasteiger partial charge is 0.153 e. The quantitative estimate of drug-likeness (QED) is 0.918. The zero-order valence-electron chi connectivity index (χ0n) is 15.2. The number of ether oxygens (including phenoxy) is 1. The number of rotatable bonds is 3. The molecule has 1 aromatic heterocycles. The van der Waals surface area contributed by atoms with Crippen molar-refractivity contribution < 1.29 is 4.74 Å². The molecule has 25 heavy (non-hydrogen) atoms. The van der Waals surface area contributed by atoms with Crippen molar-refractivity contribution in [1.29, 1.82) is 0 Å². The lowest BCUT2D eigenvalue weighted by Gasteiger charge is -2.42. The van der Waals surface area contributed by atoms with Crippen molar-refractivity contribution in [3.8, 4) is 17.0 Å². The van der Waals surface area contributed by atoms with E-state index in [0.717, 1.165) is 49.7 Å². The monoisotopic (exact) mass is 337 g/mol. The van der Waals surface area contributed by atoms with Crippen molar-refractivity contribution in [3.05, 3.63) is 35.8 Å². The highest BCUT2D eigenvalue weighted by Crippen LogP contribution is 2.50. The number of piperidine rings is 1. The molecule has 2 fully saturated rings. The Labute approximate surface area is 149 Å². The number of nitrogens with one attached hydrogen (secondary N) is 1. The third kappa shape index (κ3) is 2.42. The molecule has 2 aromatic rings. The highest BCUT2D eigenvalue weighted by Gasteiger charge is 2.46. The lowest BCUT2D eigenvalue weighted by Crippen LogP contribution is -2.47. The zero-order valence-corrected chi connectivity index (χ0v) is 15.2. The molecule has 1 aliphatic carbocycles. The summed E-state index contributed by atoms with van der Waals surface area (Å²) in [6.07, 6.45) is 4.75. The first-order valence-electron chi connectivity index (χ1n) is 9.78. The Bertz CT molecular complexity index is 797. The summed E-state index contributed by atoms with van der Waals surface area (Å²) in [7, 11) is 0. The molecule has 1 aromatic carbocycles. The van der Waals surface area contributed by atoms with Crippen LogP contribution in [0, 0.1) is 5.92 Å². The van der Waals surface area contributed by atoms with Gasteiger partial charge in [-0.15, -0.1) is 0 Å². The number of imidazole rings is 1. The van der Waals surface area contributed by atoms with E-state index in [-0.39, 0.29) is 5.60 Å². The maximum atomic E-state index is 6.72. The summed E-state index contributed by atoms with van der Waals surface area (Å²) in [5.41, 5.74) is 3.47. The standard InChI is InChI=1S/C21H27N3O/c1-14(2)20-23-18-16-5-3-4-6-17(16)25-21(9-11-22-12-10-21)19(18)24(20)13-15-7-8-15/h3-6,14-15,22H,7-13H2,1-2H3. The van der Waals surface area contributed by atoms with E-state index >= 15 is 0 Å². The summed E-state index contributed by atoms with van der Waals surface area (Å²) in [5, 5.41) is 3.50. The fraction of sp³-hybridized carbons (Fsp3) is 0.571. The minimum absolute atomic E-state index is 0.218. The third-order valence-electron chi connectivity index (χ3n) is 5.94. The molecule has 1 spiro atoms. The van der Waals surface area contributed by atoms with E-state index in [4.69, 9.17) is 9.72 Å². The van der Waals surface area contributed by atoms with Gasteiger partial charge in [0.15, 0.2) is 5.60 Å². The van der Waals surface area contributed by atoms with Gasteiger partial charge in [0, 0.05) is 30.9 Å². The van der Waals surface area contributed by atoms with Crippen molar-refractivity contribution in [2.24, 2.45) is 5.92 Å². The highest BCUT2D eigenvalue weighted by molar-refractivity contribution is 5.73. The Morgan fingerprint density at radius 1 is 1.24 bits per heavy atom. The van der Waals surface area contributed by atoms with Crippen LogP contribution in [0.3, 0.4) is 0 Å². The molecule has 132 valence electrons. The van der Waals surface area contributed by atoms with Crippen LogP contribution in [0.25, 0.3) is 11.3 Å². The Morgan fingerprint density at radius 2 is 2.00 bits per heavy atom. The van der Waals surface area contributed by atoms with Gasteiger partial charge in [-0.3, -0.25) is 0 Å². The molecule has 3 heterocycles. The van der Waals surface area contributed by atoms with Gasteiger partial charge in [0.05, 0.1) is 11.4 Å². The van der Waals surface area contributed by atoms with Gasteiger partial charge in [0.25, 0.3) is 0 Å². The number of hydrogen-bond acceptors (Lipinski definition) is 3. The lowest BCUT2D eigenvalue weighted by molar-refractivity contribution is 0.0225. The van der Waals surface area contributed by atoms with Gasteiger partial charge in [0.1, 0.15) is 11.6 Å². The Kier molecular flexibility index (Phi) is 3.46. The number of benzene rings is 1. The minimum Gasteiger partial charge on any atom is -0.480 e. The molecule has 2 aliphatic heterocycles. The van der Waals surface area contributed by atoms with Crippen LogP contribution in [0.5, 0.6) is 5.75 Å². The summed E-state index contributed by atoms with van der Waals surface area (Å²) in [6, 6.07) is 8.45. The SMILES string of the molecule is CC(C)c1nc2c(n1CC1CC1)C1(CCNCC1)Oc1ccccc1-2. The molecule has 3 aliphatic rings. The van der Waals surface area contributed by atoms with E-state index in [2.05, 4.69) is 48.0 Å². The first-order valence-corrected chi connectivity index (χ1v) is 9.78. The van der Waals surface area contributed by atoms with Gasteiger partial charge in [-0.2, -0.15) is 0 Å². The molecule has 0 unspecified atom stereocenters. The van der Waals surface area contributed by atoms with Crippen molar-refractivity contribution >= 4 is 0 Å². The van der Waals surface area contributed by atoms with E-state index in [9.17, 15) is 0 Å². The maximum Gasteiger partial charge on any atom is 0.153 e. The molecule has 1 N–H and O–H groups in total. The summed E-state index contributed by atoms with van der Waals surface area (Å²) in [4.78, 5) is 5.18. The normalized spacial score (nSPS) is 21.1. The summed E-state index contributed by atoms with van der Waals surface area (Å²) in [6.45, 7) is 7.65. The van der Waals surface area contributed by atoms with Gasteiger partial charge in [-0.25, -0.2) is 4.98 Å². The second kappa shape index (κ2) is 5.60. The summed E-state index contributed by atoms with van der Waals surface area (Å²) >= 11 is 0. The topological polar surface area (TPSA) is 39.1 Å². The molecule has 0 radical (unpaired) electrons. The minimum atomic E-state index is -0.218. The summed E-state index contributed by atoms with van der Waals surface area (Å²) < 4.78 is 9.26. The number of para-hydroxylation sites is 1. The van der Waals surface area contributed by atoms with E-state index < -0.39 is 0 Å². The molecule has 4 nitrogen and oxygen atoms in total. The van der Waals surface area contributed by atoms with Crippen LogP contribution in [0.15, 0.2) is 24.3 Å². The average Bonchev–Trinajstić information content (AvgIpc) is 3.34. The molecule has 1 saturated heterocycles. The molecule has 5 rings (SSSR count). The van der Waals surface area contributed by atoms with Crippen molar-refractivity contribution in [3.63, 3.8) is 0 Å². The Morgan fingerprint density at radius 3 is 2.72 bits per heavy atom. The molecular formula is C21H27N3O. The fourth-order valence-electron chi connectivity index (χ4n) is 4.48. The van der Waals surface area contributed by atoms with Crippen LogP contribution in [-0.4, -0.2) is 22.6 Å². The Hall–Kier alpha value is -1.81. The van der Waals surface area contributed by atoms with Crippen molar-refractivity contribution in [2.75, 3.05) is 13.1 Å².